The Balaban J connectivity index is 1.19. The lowest BCUT2D eigenvalue weighted by Gasteiger charge is -2.49. The Morgan fingerprint density at radius 2 is 1.97 bits per heavy atom. The smallest absolute Gasteiger partial charge is 0.129 e. The van der Waals surface area contributed by atoms with Gasteiger partial charge < -0.3 is 14.8 Å². The molecule has 2 atom stereocenters. The molecule has 3 saturated heterocycles. The zero-order valence-electron chi connectivity index (χ0n) is 20.6. The predicted molar refractivity (Wildman–Crippen MR) is 141 cm³/mol. The molecule has 2 N–H and O–H groups in total. The number of halogens is 1. The Morgan fingerprint density at radius 1 is 1.11 bits per heavy atom. The Kier molecular flexibility index (Phi) is 6.19. The van der Waals surface area contributed by atoms with Crippen molar-refractivity contribution in [2.24, 2.45) is 0 Å². The molecule has 3 aliphatic heterocycles. The van der Waals surface area contributed by atoms with E-state index in [1.807, 2.05) is 18.5 Å². The van der Waals surface area contributed by atoms with Crippen LogP contribution in [0.5, 0.6) is 0 Å². The van der Waals surface area contributed by atoms with E-state index in [2.05, 4.69) is 35.7 Å². The molecule has 8 nitrogen and oxygen atoms in total. The number of benzene rings is 1. The summed E-state index contributed by atoms with van der Waals surface area (Å²) in [5, 5.41) is 10.6. The van der Waals surface area contributed by atoms with Gasteiger partial charge in [-0.15, -0.1) is 11.3 Å². The lowest BCUT2D eigenvalue weighted by atomic mass is 9.97. The van der Waals surface area contributed by atoms with Crippen molar-refractivity contribution < 1.29 is 14.2 Å². The summed E-state index contributed by atoms with van der Waals surface area (Å²) in [4.78, 5) is 20.6. The number of piperidine rings is 1. The monoisotopic (exact) mass is 522 g/mol. The molecule has 7 rings (SSSR count). The van der Waals surface area contributed by atoms with Crippen LogP contribution in [-0.4, -0.2) is 92.8 Å². The number of nitrogens with zero attached hydrogens (tertiary/aromatic N) is 5. The first-order chi connectivity index (χ1) is 18.1. The van der Waals surface area contributed by atoms with Crippen molar-refractivity contribution >= 4 is 32.5 Å². The SMILES string of the molecule is OC1CN(C2CCN(C(c3cc4ncncc4s3)N3CCOC(c4c(F)ccc5[nH]ccc45)C3)CC2)C1. The van der Waals surface area contributed by atoms with Crippen molar-refractivity contribution in [1.29, 1.82) is 0 Å². The molecule has 3 aromatic heterocycles. The van der Waals surface area contributed by atoms with Crippen LogP contribution in [0.25, 0.3) is 21.1 Å². The van der Waals surface area contributed by atoms with E-state index in [4.69, 9.17) is 4.74 Å². The minimum atomic E-state index is -0.343. The van der Waals surface area contributed by atoms with Crippen LogP contribution in [0, 0.1) is 5.82 Å². The number of H-pyrrole nitrogens is 1. The van der Waals surface area contributed by atoms with Gasteiger partial charge in [0.1, 0.15) is 12.1 Å². The lowest BCUT2D eigenvalue weighted by Crippen LogP contribution is -2.58. The van der Waals surface area contributed by atoms with Crippen LogP contribution in [0.1, 0.15) is 35.6 Å². The molecular weight excluding hydrogens is 491 g/mol. The minimum Gasteiger partial charge on any atom is -0.390 e. The average Bonchev–Trinajstić information content (AvgIpc) is 3.55. The number of aliphatic hydroxyl groups is 1. The molecule has 194 valence electrons. The highest BCUT2D eigenvalue weighted by Crippen LogP contribution is 2.39. The van der Waals surface area contributed by atoms with Gasteiger partial charge in [0, 0.05) is 79.0 Å². The summed E-state index contributed by atoms with van der Waals surface area (Å²) in [6, 6.07) is 8.00. The van der Waals surface area contributed by atoms with Gasteiger partial charge in [-0.2, -0.15) is 0 Å². The van der Waals surface area contributed by atoms with Crippen LogP contribution in [0.15, 0.2) is 43.0 Å². The quantitative estimate of drug-likeness (QED) is 0.415. The van der Waals surface area contributed by atoms with Gasteiger partial charge in [0.15, 0.2) is 0 Å². The number of thiophene rings is 1. The summed E-state index contributed by atoms with van der Waals surface area (Å²) in [7, 11) is 0. The summed E-state index contributed by atoms with van der Waals surface area (Å²) < 4.78 is 22.4. The van der Waals surface area contributed by atoms with Crippen molar-refractivity contribution in [3.63, 3.8) is 0 Å². The normalized spacial score (nSPS) is 24.1. The van der Waals surface area contributed by atoms with Crippen LogP contribution < -0.4 is 0 Å². The molecule has 37 heavy (non-hydrogen) atoms. The van der Waals surface area contributed by atoms with Crippen molar-refractivity contribution in [2.45, 2.75) is 37.3 Å². The number of aromatic nitrogens is 3. The third-order valence-electron chi connectivity index (χ3n) is 8.21. The first kappa shape index (κ1) is 23.6. The molecule has 0 radical (unpaired) electrons. The van der Waals surface area contributed by atoms with E-state index >= 15 is 4.39 Å². The highest BCUT2D eigenvalue weighted by Gasteiger charge is 2.38. The fraction of sp³-hybridized carbons (Fsp3) is 0.481. The zero-order chi connectivity index (χ0) is 24.9. The number of rotatable bonds is 5. The second-order valence-corrected chi connectivity index (χ2v) is 11.5. The maximum atomic E-state index is 15.2. The van der Waals surface area contributed by atoms with Crippen molar-refractivity contribution in [2.75, 3.05) is 45.9 Å². The topological polar surface area (TPSA) is 80.8 Å². The third kappa shape index (κ3) is 4.35. The third-order valence-corrected chi connectivity index (χ3v) is 9.31. The van der Waals surface area contributed by atoms with Gasteiger partial charge in [-0.25, -0.2) is 14.4 Å². The second-order valence-electron chi connectivity index (χ2n) is 10.4. The number of aromatic amines is 1. The number of aliphatic hydroxyl groups excluding tert-OH is 1. The van der Waals surface area contributed by atoms with E-state index in [0.717, 1.165) is 66.7 Å². The molecule has 3 fully saturated rings. The van der Waals surface area contributed by atoms with Gasteiger partial charge in [-0.1, -0.05) is 0 Å². The van der Waals surface area contributed by atoms with Gasteiger partial charge >= 0.3 is 0 Å². The predicted octanol–water partition coefficient (Wildman–Crippen LogP) is 3.52. The van der Waals surface area contributed by atoms with Crippen molar-refractivity contribution in [1.82, 2.24) is 29.7 Å². The largest absolute Gasteiger partial charge is 0.390 e. The molecule has 0 amide bonds. The molecular formula is C27H31FN6O2S. The number of ether oxygens (including phenoxy) is 1. The number of nitrogens with one attached hydrogen (secondary N) is 1. The molecule has 0 aliphatic carbocycles. The second kappa shape index (κ2) is 9.68. The molecule has 2 unspecified atom stereocenters. The number of likely N-dealkylation sites (tertiary alicyclic amines) is 2. The molecule has 1 aromatic carbocycles. The number of hydrogen-bond donors (Lipinski definition) is 2. The summed E-state index contributed by atoms with van der Waals surface area (Å²) >= 11 is 1.75. The maximum Gasteiger partial charge on any atom is 0.129 e. The number of β-amino-alcohol motifs (C(OH)–C–C–N with tert-alkyl or cyclic N) is 1. The molecule has 4 aromatic rings. The van der Waals surface area contributed by atoms with Crippen LogP contribution in [0.3, 0.4) is 0 Å². The van der Waals surface area contributed by atoms with Crippen LogP contribution in [-0.2, 0) is 4.74 Å². The standard InChI is InChI=1S/C27H31FN6O2S/c28-20-1-2-21-19(3-6-30-21)26(20)23-15-33(9-10-36-23)27(24-11-22-25(37-24)12-29-16-31-22)32-7-4-17(5-8-32)34-13-18(35)14-34/h1-3,6,11-12,16-18,23,27,30,35H,4-5,7-10,13-15H2. The summed E-state index contributed by atoms with van der Waals surface area (Å²) in [6.07, 6.45) is 7.08. The van der Waals surface area contributed by atoms with E-state index in [1.54, 1.807) is 23.7 Å². The fourth-order valence-corrected chi connectivity index (χ4v) is 7.49. The highest BCUT2D eigenvalue weighted by atomic mass is 32.1. The van der Waals surface area contributed by atoms with E-state index in [9.17, 15) is 5.11 Å². The first-order valence-corrected chi connectivity index (χ1v) is 13.9. The average molecular weight is 523 g/mol. The highest BCUT2D eigenvalue weighted by molar-refractivity contribution is 7.19. The Labute approximate surface area is 218 Å². The van der Waals surface area contributed by atoms with Crippen molar-refractivity contribution in [3.05, 3.63) is 59.2 Å². The van der Waals surface area contributed by atoms with Crippen LogP contribution in [0.4, 0.5) is 4.39 Å². The van der Waals surface area contributed by atoms with E-state index in [-0.39, 0.29) is 24.2 Å². The van der Waals surface area contributed by atoms with Crippen LogP contribution >= 0.6 is 11.3 Å². The molecule has 6 heterocycles. The summed E-state index contributed by atoms with van der Waals surface area (Å²) in [6.45, 7) is 5.49. The summed E-state index contributed by atoms with van der Waals surface area (Å²) in [5.41, 5.74) is 2.53. The Hall–Kier alpha value is -2.47. The van der Waals surface area contributed by atoms with E-state index in [0.29, 0.717) is 24.8 Å². The van der Waals surface area contributed by atoms with Crippen molar-refractivity contribution in [3.8, 4) is 0 Å². The van der Waals surface area contributed by atoms with Crippen LogP contribution in [0.2, 0.25) is 0 Å². The summed E-state index contributed by atoms with van der Waals surface area (Å²) in [5.74, 6) is -0.217. The number of morpholine rings is 1. The maximum absolute atomic E-state index is 15.2. The Morgan fingerprint density at radius 3 is 2.78 bits per heavy atom. The zero-order valence-corrected chi connectivity index (χ0v) is 21.4. The van der Waals surface area contributed by atoms with Gasteiger partial charge in [-0.3, -0.25) is 14.7 Å². The van der Waals surface area contributed by atoms with E-state index in [1.165, 1.54) is 10.9 Å². The molecule has 10 heteroatoms. The van der Waals surface area contributed by atoms with E-state index < -0.39 is 0 Å². The van der Waals surface area contributed by atoms with Gasteiger partial charge in [0.25, 0.3) is 0 Å². The fourth-order valence-electron chi connectivity index (χ4n) is 6.33. The minimum absolute atomic E-state index is 0.0713. The first-order valence-electron chi connectivity index (χ1n) is 13.1. The molecule has 0 bridgehead atoms. The number of fused-ring (bicyclic) bond motifs is 2. The molecule has 0 saturated carbocycles. The van der Waals surface area contributed by atoms with Gasteiger partial charge in [0.2, 0.25) is 0 Å². The number of hydrogen-bond acceptors (Lipinski definition) is 8. The van der Waals surface area contributed by atoms with Gasteiger partial charge in [-0.05, 0) is 37.1 Å². The lowest BCUT2D eigenvalue weighted by molar-refractivity contribution is -0.0909. The molecule has 0 spiro atoms. The Bertz CT molecular complexity index is 1360. The van der Waals surface area contributed by atoms with Gasteiger partial charge in [0.05, 0.1) is 35.2 Å². The molecule has 3 aliphatic rings.